The summed E-state index contributed by atoms with van der Waals surface area (Å²) in [5.74, 6) is -0.107. The summed E-state index contributed by atoms with van der Waals surface area (Å²) in [5.41, 5.74) is 0.110. The van der Waals surface area contributed by atoms with Crippen LogP contribution in [0.15, 0.2) is 9.81 Å². The summed E-state index contributed by atoms with van der Waals surface area (Å²) in [6, 6.07) is 0. The van der Waals surface area contributed by atoms with Crippen molar-refractivity contribution in [3.05, 3.63) is 9.81 Å². The third kappa shape index (κ3) is 2.16. The molecule has 6 heteroatoms. The first-order chi connectivity index (χ1) is 8.70. The van der Waals surface area contributed by atoms with Crippen LogP contribution in [0.5, 0.6) is 0 Å². The van der Waals surface area contributed by atoms with Crippen LogP contribution in [0.4, 0.5) is 0 Å². The molecule has 3 aliphatic rings. The van der Waals surface area contributed by atoms with E-state index in [4.69, 9.17) is 9.47 Å². The lowest BCUT2D eigenvalue weighted by atomic mass is 9.93. The van der Waals surface area contributed by atoms with E-state index in [0.29, 0.717) is 12.8 Å². The second-order valence-corrected chi connectivity index (χ2v) is 7.08. The van der Waals surface area contributed by atoms with E-state index >= 15 is 0 Å². The molecule has 1 spiro atoms. The highest BCUT2D eigenvalue weighted by Gasteiger charge is 2.48. The number of ether oxygens (including phenoxy) is 2. The zero-order valence-corrected chi connectivity index (χ0v) is 11.5. The van der Waals surface area contributed by atoms with E-state index in [-0.39, 0.29) is 5.57 Å². The molecular formula is C12H14O4S2. The van der Waals surface area contributed by atoms with Crippen molar-refractivity contribution >= 4 is 35.5 Å². The topological polar surface area (TPSA) is 52.6 Å². The quantitative estimate of drug-likeness (QED) is 0.387. The highest BCUT2D eigenvalue weighted by molar-refractivity contribution is 8.25. The van der Waals surface area contributed by atoms with Gasteiger partial charge in [0.1, 0.15) is 0 Å². The highest BCUT2D eigenvalue weighted by Crippen LogP contribution is 2.43. The van der Waals surface area contributed by atoms with Gasteiger partial charge in [0, 0.05) is 24.3 Å². The van der Waals surface area contributed by atoms with Gasteiger partial charge in [-0.3, -0.25) is 0 Å². The molecule has 0 aromatic heterocycles. The van der Waals surface area contributed by atoms with Crippen LogP contribution in [0, 0.1) is 0 Å². The number of rotatable bonds is 0. The van der Waals surface area contributed by atoms with Gasteiger partial charge >= 0.3 is 11.9 Å². The fourth-order valence-corrected chi connectivity index (χ4v) is 4.95. The first kappa shape index (κ1) is 12.4. The average Bonchev–Trinajstić information content (AvgIpc) is 2.82. The first-order valence-electron chi connectivity index (χ1n) is 6.17. The summed E-state index contributed by atoms with van der Waals surface area (Å²) in [6.45, 7) is 0. The molecule has 18 heavy (non-hydrogen) atoms. The van der Waals surface area contributed by atoms with E-state index < -0.39 is 17.7 Å². The Kier molecular flexibility index (Phi) is 3.32. The first-order valence-corrected chi connectivity index (χ1v) is 8.14. The molecule has 2 aliphatic heterocycles. The summed E-state index contributed by atoms with van der Waals surface area (Å²) in [5, 5.41) is 0. The number of thioether (sulfide) groups is 2. The van der Waals surface area contributed by atoms with Crippen molar-refractivity contribution < 1.29 is 19.1 Å². The molecule has 0 bridgehead atoms. The van der Waals surface area contributed by atoms with Crippen LogP contribution in [0.1, 0.15) is 32.1 Å². The second-order valence-electron chi connectivity index (χ2n) is 4.61. The van der Waals surface area contributed by atoms with Crippen LogP contribution in [0.3, 0.4) is 0 Å². The molecule has 1 aliphatic carbocycles. The Labute approximate surface area is 114 Å². The molecule has 2 saturated heterocycles. The molecule has 4 nitrogen and oxygen atoms in total. The van der Waals surface area contributed by atoms with E-state index in [1.807, 2.05) is 0 Å². The van der Waals surface area contributed by atoms with E-state index in [2.05, 4.69) is 0 Å². The van der Waals surface area contributed by atoms with Gasteiger partial charge in [-0.1, -0.05) is 6.42 Å². The van der Waals surface area contributed by atoms with Gasteiger partial charge in [-0.15, -0.1) is 23.5 Å². The lowest BCUT2D eigenvalue weighted by Crippen LogP contribution is -2.47. The van der Waals surface area contributed by atoms with Crippen molar-refractivity contribution in [3.63, 3.8) is 0 Å². The minimum atomic E-state index is -0.968. The van der Waals surface area contributed by atoms with Crippen molar-refractivity contribution in [3.8, 4) is 0 Å². The molecule has 0 aromatic carbocycles. The van der Waals surface area contributed by atoms with Gasteiger partial charge in [-0.05, 0) is 12.8 Å². The maximum Gasteiger partial charge on any atom is 0.350 e. The molecule has 2 heterocycles. The molecule has 0 amide bonds. The van der Waals surface area contributed by atoms with E-state index in [1.54, 1.807) is 0 Å². The number of carbonyl (C=O) groups excluding carboxylic acids is 2. The number of carbonyl (C=O) groups is 2. The predicted molar refractivity (Wildman–Crippen MR) is 69.9 cm³/mol. The van der Waals surface area contributed by atoms with Gasteiger partial charge in [0.15, 0.2) is 5.57 Å². The van der Waals surface area contributed by atoms with Gasteiger partial charge in [-0.25, -0.2) is 9.59 Å². The van der Waals surface area contributed by atoms with Crippen molar-refractivity contribution in [2.24, 2.45) is 0 Å². The number of hydrogen-bond donors (Lipinski definition) is 0. The van der Waals surface area contributed by atoms with Crippen LogP contribution in [0.2, 0.25) is 0 Å². The van der Waals surface area contributed by atoms with Crippen molar-refractivity contribution in [2.75, 3.05) is 11.5 Å². The molecule has 3 fully saturated rings. The van der Waals surface area contributed by atoms with Gasteiger partial charge in [0.2, 0.25) is 0 Å². The zero-order valence-electron chi connectivity index (χ0n) is 9.90. The van der Waals surface area contributed by atoms with Gasteiger partial charge in [-0.2, -0.15) is 0 Å². The Morgan fingerprint density at radius 1 is 0.889 bits per heavy atom. The maximum absolute atomic E-state index is 12.1. The predicted octanol–water partition coefficient (Wildman–Crippen LogP) is 2.44. The maximum atomic E-state index is 12.1. The minimum Gasteiger partial charge on any atom is -0.419 e. The Morgan fingerprint density at radius 3 is 2.00 bits per heavy atom. The third-order valence-corrected chi connectivity index (χ3v) is 6.05. The van der Waals surface area contributed by atoms with Crippen LogP contribution >= 0.6 is 23.5 Å². The van der Waals surface area contributed by atoms with E-state index in [9.17, 15) is 9.59 Å². The fourth-order valence-electron chi connectivity index (χ4n) is 2.46. The highest BCUT2D eigenvalue weighted by atomic mass is 32.2. The fraction of sp³-hybridized carbons (Fsp3) is 0.667. The molecule has 0 atom stereocenters. The molecule has 0 unspecified atom stereocenters. The van der Waals surface area contributed by atoms with Crippen molar-refractivity contribution in [1.82, 2.24) is 0 Å². The summed E-state index contributed by atoms with van der Waals surface area (Å²) >= 11 is 3.06. The third-order valence-electron chi connectivity index (χ3n) is 3.33. The SMILES string of the molecule is O=C1OC2(CCCCC2)OC(=O)C1=C1SCCS1. The molecule has 0 radical (unpaired) electrons. The Bertz CT molecular complexity index is 394. The Morgan fingerprint density at radius 2 is 1.44 bits per heavy atom. The van der Waals surface area contributed by atoms with Crippen LogP contribution in [-0.4, -0.2) is 29.2 Å². The minimum absolute atomic E-state index is 0.110. The van der Waals surface area contributed by atoms with Crippen LogP contribution in [-0.2, 0) is 19.1 Å². The number of hydrogen-bond acceptors (Lipinski definition) is 6. The van der Waals surface area contributed by atoms with Crippen molar-refractivity contribution in [2.45, 2.75) is 37.9 Å². The van der Waals surface area contributed by atoms with Gasteiger partial charge in [0.05, 0.1) is 4.24 Å². The van der Waals surface area contributed by atoms with Crippen molar-refractivity contribution in [1.29, 1.82) is 0 Å². The molecule has 98 valence electrons. The van der Waals surface area contributed by atoms with Gasteiger partial charge in [0.25, 0.3) is 5.79 Å². The molecule has 1 saturated carbocycles. The largest absolute Gasteiger partial charge is 0.419 e. The molecular weight excluding hydrogens is 272 g/mol. The Balaban J connectivity index is 1.85. The van der Waals surface area contributed by atoms with Crippen LogP contribution < -0.4 is 0 Å². The summed E-state index contributed by atoms with van der Waals surface area (Å²) in [4.78, 5) is 24.1. The lowest BCUT2D eigenvalue weighted by Gasteiger charge is -2.38. The standard InChI is InChI=1S/C12H14O4S2/c13-9-8(11-17-6-7-18-11)10(14)16-12(15-9)4-2-1-3-5-12/h1-7H2. The normalized spacial score (nSPS) is 27.3. The smallest absolute Gasteiger partial charge is 0.350 e. The number of esters is 2. The summed E-state index contributed by atoms with van der Waals surface area (Å²) in [7, 11) is 0. The zero-order chi connectivity index (χ0) is 12.6. The second kappa shape index (κ2) is 4.81. The molecule has 3 rings (SSSR count). The summed E-state index contributed by atoms with van der Waals surface area (Å²) in [6.07, 6.45) is 4.25. The lowest BCUT2D eigenvalue weighted by molar-refractivity contribution is -0.244. The molecule has 0 N–H and O–H groups in total. The van der Waals surface area contributed by atoms with E-state index in [1.165, 1.54) is 23.5 Å². The average molecular weight is 286 g/mol. The van der Waals surface area contributed by atoms with E-state index in [0.717, 1.165) is 35.0 Å². The van der Waals surface area contributed by atoms with Gasteiger partial charge < -0.3 is 9.47 Å². The molecule has 0 aromatic rings. The van der Waals surface area contributed by atoms with Crippen LogP contribution in [0.25, 0.3) is 0 Å². The Hall–Kier alpha value is -0.620. The summed E-state index contributed by atoms with van der Waals surface area (Å²) < 4.78 is 11.6. The monoisotopic (exact) mass is 286 g/mol.